The smallest absolute Gasteiger partial charge is 0.0352 e. The second-order valence-electron chi connectivity index (χ2n) is 10.9. The van der Waals surface area contributed by atoms with E-state index in [1.165, 1.54) is 51.4 Å². The summed E-state index contributed by atoms with van der Waals surface area (Å²) in [5, 5.41) is 0. The molecule has 0 saturated heterocycles. The third kappa shape index (κ3) is 5.74. The van der Waals surface area contributed by atoms with E-state index in [0.29, 0.717) is 0 Å². The molecule has 2 rings (SSSR count). The molecule has 2 saturated carbocycles. The molecule has 0 N–H and O–H groups in total. The van der Waals surface area contributed by atoms with Gasteiger partial charge in [-0.25, -0.2) is 0 Å². The van der Waals surface area contributed by atoms with Gasteiger partial charge in [-0.05, 0) is 85.4 Å². The van der Waals surface area contributed by atoms with Gasteiger partial charge in [-0.1, -0.05) is 74.1 Å². The molecule has 2 fully saturated rings. The molecule has 0 aromatic heterocycles. The highest BCUT2D eigenvalue weighted by Crippen LogP contribution is 2.48. The first-order valence-electron chi connectivity index (χ1n) is 11.8. The van der Waals surface area contributed by atoms with E-state index in [0.717, 1.165) is 53.3 Å². The van der Waals surface area contributed by atoms with Crippen LogP contribution in [0.25, 0.3) is 0 Å². The van der Waals surface area contributed by atoms with Crippen LogP contribution in [0.15, 0.2) is 0 Å². The fourth-order valence-electron chi connectivity index (χ4n) is 6.76. The molecule has 7 atom stereocenters. The summed E-state index contributed by atoms with van der Waals surface area (Å²) in [6.45, 7) is 17.4. The summed E-state index contributed by atoms with van der Waals surface area (Å²) in [5.41, 5.74) is 0. The molecule has 0 nitrogen and oxygen atoms in total. The first kappa shape index (κ1) is 21.3. The van der Waals surface area contributed by atoms with Gasteiger partial charge in [0.25, 0.3) is 0 Å². The van der Waals surface area contributed by atoms with Crippen LogP contribution < -0.4 is 0 Å². The van der Waals surface area contributed by atoms with E-state index in [1.54, 1.807) is 6.42 Å². The van der Waals surface area contributed by atoms with Gasteiger partial charge in [-0.2, -0.15) is 0 Å². The van der Waals surface area contributed by atoms with Gasteiger partial charge < -0.3 is 0 Å². The molecular weight excluding hydrogens is 300 g/mol. The lowest BCUT2D eigenvalue weighted by atomic mass is 9.60. The molecule has 2 aliphatic rings. The zero-order chi connectivity index (χ0) is 18.6. The zero-order valence-electron chi connectivity index (χ0n) is 18.6. The molecule has 0 amide bonds. The van der Waals surface area contributed by atoms with Crippen molar-refractivity contribution in [1.29, 1.82) is 0 Å². The SMILES string of the molecule is CCCC(CC1CC(C)CCC1C(C)C)C1CC(C)CCC1C(C)C. The first-order chi connectivity index (χ1) is 11.8. The predicted octanol–water partition coefficient (Wildman–Crippen LogP) is 8.21. The number of hydrogen-bond donors (Lipinski definition) is 0. The maximum atomic E-state index is 2.52. The average molecular weight is 349 g/mol. The van der Waals surface area contributed by atoms with Crippen LogP contribution in [0.4, 0.5) is 0 Å². The molecule has 2 aliphatic carbocycles. The van der Waals surface area contributed by atoms with Crippen molar-refractivity contribution in [2.24, 2.45) is 53.3 Å². The highest BCUT2D eigenvalue weighted by Gasteiger charge is 2.39. The van der Waals surface area contributed by atoms with E-state index in [4.69, 9.17) is 0 Å². The monoisotopic (exact) mass is 348 g/mol. The summed E-state index contributed by atoms with van der Waals surface area (Å²) in [7, 11) is 0. The van der Waals surface area contributed by atoms with Crippen molar-refractivity contribution in [1.82, 2.24) is 0 Å². The Labute approximate surface area is 159 Å². The van der Waals surface area contributed by atoms with E-state index in [-0.39, 0.29) is 0 Å². The van der Waals surface area contributed by atoms with E-state index in [9.17, 15) is 0 Å². The van der Waals surface area contributed by atoms with Gasteiger partial charge in [-0.15, -0.1) is 0 Å². The molecule has 0 spiro atoms. The van der Waals surface area contributed by atoms with Gasteiger partial charge in [0.1, 0.15) is 0 Å². The molecule has 7 unspecified atom stereocenters. The maximum Gasteiger partial charge on any atom is -0.0352 e. The normalized spacial score (nSPS) is 38.3. The van der Waals surface area contributed by atoms with Gasteiger partial charge in [0, 0.05) is 0 Å². The zero-order valence-corrected chi connectivity index (χ0v) is 18.6. The quantitative estimate of drug-likeness (QED) is 0.435. The first-order valence-corrected chi connectivity index (χ1v) is 11.8. The summed E-state index contributed by atoms with van der Waals surface area (Å²) in [6, 6.07) is 0. The molecule has 0 bridgehead atoms. The second-order valence-corrected chi connectivity index (χ2v) is 10.9. The van der Waals surface area contributed by atoms with E-state index < -0.39 is 0 Å². The topological polar surface area (TPSA) is 0 Å². The Hall–Kier alpha value is 0. The molecule has 0 heterocycles. The fraction of sp³-hybridized carbons (Fsp3) is 1.00. The van der Waals surface area contributed by atoms with Crippen LogP contribution in [0.5, 0.6) is 0 Å². The van der Waals surface area contributed by atoms with Crippen molar-refractivity contribution in [3.63, 3.8) is 0 Å². The fourth-order valence-corrected chi connectivity index (χ4v) is 6.76. The Balaban J connectivity index is 2.14. The lowest BCUT2D eigenvalue weighted by Crippen LogP contribution is -2.36. The largest absolute Gasteiger partial charge is 0.0654 e. The highest BCUT2D eigenvalue weighted by molar-refractivity contribution is 4.89. The van der Waals surface area contributed by atoms with Crippen LogP contribution in [-0.4, -0.2) is 0 Å². The van der Waals surface area contributed by atoms with Crippen LogP contribution in [0, 0.1) is 53.3 Å². The Bertz CT molecular complexity index is 368. The lowest BCUT2D eigenvalue weighted by molar-refractivity contribution is 0.0473. The van der Waals surface area contributed by atoms with Crippen molar-refractivity contribution >= 4 is 0 Å². The van der Waals surface area contributed by atoms with Gasteiger partial charge in [0.05, 0.1) is 0 Å². The summed E-state index contributed by atoms with van der Waals surface area (Å²) in [6.07, 6.45) is 13.4. The molecule has 148 valence electrons. The molecule has 25 heavy (non-hydrogen) atoms. The van der Waals surface area contributed by atoms with E-state index in [2.05, 4.69) is 48.5 Å². The molecule has 0 heteroatoms. The summed E-state index contributed by atoms with van der Waals surface area (Å²) >= 11 is 0. The summed E-state index contributed by atoms with van der Waals surface area (Å²) in [4.78, 5) is 0. The molecule has 0 aliphatic heterocycles. The second kappa shape index (κ2) is 9.80. The van der Waals surface area contributed by atoms with Crippen molar-refractivity contribution in [2.45, 2.75) is 106 Å². The summed E-state index contributed by atoms with van der Waals surface area (Å²) < 4.78 is 0. The van der Waals surface area contributed by atoms with E-state index >= 15 is 0 Å². The lowest BCUT2D eigenvalue weighted by Gasteiger charge is -2.45. The Morgan fingerprint density at radius 2 is 1.28 bits per heavy atom. The van der Waals surface area contributed by atoms with Crippen molar-refractivity contribution in [2.75, 3.05) is 0 Å². The Morgan fingerprint density at radius 3 is 1.84 bits per heavy atom. The minimum Gasteiger partial charge on any atom is -0.0654 e. The van der Waals surface area contributed by atoms with Crippen molar-refractivity contribution in [3.05, 3.63) is 0 Å². The van der Waals surface area contributed by atoms with Crippen LogP contribution in [0.3, 0.4) is 0 Å². The van der Waals surface area contributed by atoms with E-state index in [1.807, 2.05) is 0 Å². The standard InChI is InChI=1S/C25H48/c1-8-9-21(25-15-20(7)11-13-24(25)18(4)5)16-22-14-19(6)10-12-23(22)17(2)3/h17-25H,8-16H2,1-7H3. The Morgan fingerprint density at radius 1 is 0.720 bits per heavy atom. The number of rotatable bonds is 7. The van der Waals surface area contributed by atoms with Gasteiger partial charge >= 0.3 is 0 Å². The predicted molar refractivity (Wildman–Crippen MR) is 113 cm³/mol. The minimum atomic E-state index is 0.878. The maximum absolute atomic E-state index is 2.52. The van der Waals surface area contributed by atoms with Crippen LogP contribution >= 0.6 is 0 Å². The Kier molecular flexibility index (Phi) is 8.35. The highest BCUT2D eigenvalue weighted by atomic mass is 14.4. The average Bonchev–Trinajstić information content (AvgIpc) is 2.53. The van der Waals surface area contributed by atoms with Gasteiger partial charge in [0.15, 0.2) is 0 Å². The van der Waals surface area contributed by atoms with Crippen LogP contribution in [0.1, 0.15) is 106 Å². The van der Waals surface area contributed by atoms with Gasteiger partial charge in [-0.3, -0.25) is 0 Å². The van der Waals surface area contributed by atoms with Crippen molar-refractivity contribution in [3.8, 4) is 0 Å². The van der Waals surface area contributed by atoms with Crippen LogP contribution in [-0.2, 0) is 0 Å². The molecule has 0 radical (unpaired) electrons. The van der Waals surface area contributed by atoms with Crippen LogP contribution in [0.2, 0.25) is 0 Å². The molecule has 0 aromatic carbocycles. The third-order valence-electron chi connectivity index (χ3n) is 8.10. The summed E-state index contributed by atoms with van der Waals surface area (Å²) in [5.74, 6) is 8.68. The molecular formula is C25H48. The number of hydrogen-bond acceptors (Lipinski definition) is 0. The van der Waals surface area contributed by atoms with Gasteiger partial charge in [0.2, 0.25) is 0 Å². The third-order valence-corrected chi connectivity index (χ3v) is 8.10. The minimum absolute atomic E-state index is 0.878. The van der Waals surface area contributed by atoms with Crippen molar-refractivity contribution < 1.29 is 0 Å². The molecule has 0 aromatic rings.